The Morgan fingerprint density at radius 2 is 2.22 bits per heavy atom. The van der Waals surface area contributed by atoms with Crippen molar-refractivity contribution < 1.29 is 9.21 Å². The second kappa shape index (κ2) is 6.41. The number of carbonyl (C=O) groups is 1. The zero-order chi connectivity index (χ0) is 13.0. The van der Waals surface area contributed by atoms with Gasteiger partial charge in [-0.05, 0) is 18.9 Å². The van der Waals surface area contributed by atoms with E-state index in [1.165, 1.54) is 12.8 Å². The average molecular weight is 314 g/mol. The number of furan rings is 1. The molecule has 1 fully saturated rings. The second-order valence-electron chi connectivity index (χ2n) is 4.74. The number of carbonyl (C=O) groups excluding carboxylic acids is 1. The summed E-state index contributed by atoms with van der Waals surface area (Å²) in [4.78, 5) is 14.6. The Morgan fingerprint density at radius 3 is 2.83 bits per heavy atom. The monoisotopic (exact) mass is 313 g/mol. The van der Waals surface area contributed by atoms with Crippen LogP contribution in [-0.4, -0.2) is 28.7 Å². The van der Waals surface area contributed by atoms with Crippen molar-refractivity contribution >= 4 is 21.8 Å². The first-order valence-electron chi connectivity index (χ1n) is 6.71. The van der Waals surface area contributed by atoms with Crippen LogP contribution in [0, 0.1) is 0 Å². The molecule has 2 rings (SSSR count). The van der Waals surface area contributed by atoms with E-state index in [1.807, 2.05) is 11.8 Å². The van der Waals surface area contributed by atoms with E-state index in [-0.39, 0.29) is 5.91 Å². The molecule has 100 valence electrons. The molecular weight excluding hydrogens is 294 g/mol. The Kier molecular flexibility index (Phi) is 4.87. The first-order valence-corrected chi connectivity index (χ1v) is 7.83. The molecule has 0 N–H and O–H groups in total. The fourth-order valence-corrected chi connectivity index (χ4v) is 3.10. The van der Waals surface area contributed by atoms with E-state index < -0.39 is 0 Å². The molecule has 1 aromatic heterocycles. The van der Waals surface area contributed by atoms with Gasteiger partial charge in [0.15, 0.2) is 0 Å². The summed E-state index contributed by atoms with van der Waals surface area (Å²) in [6, 6.07) is 2.21. The quantitative estimate of drug-likeness (QED) is 0.778. The van der Waals surface area contributed by atoms with Gasteiger partial charge in [-0.25, -0.2) is 0 Å². The normalized spacial score (nSPS) is 16.1. The van der Waals surface area contributed by atoms with E-state index >= 15 is 0 Å². The van der Waals surface area contributed by atoms with Gasteiger partial charge in [-0.15, -0.1) is 0 Å². The molecule has 1 heterocycles. The second-order valence-corrected chi connectivity index (χ2v) is 5.53. The van der Waals surface area contributed by atoms with Crippen LogP contribution in [-0.2, 0) is 6.42 Å². The third-order valence-electron chi connectivity index (χ3n) is 3.65. The smallest absolute Gasteiger partial charge is 0.257 e. The van der Waals surface area contributed by atoms with Gasteiger partial charge in [0, 0.05) is 24.3 Å². The Hall–Kier alpha value is -0.770. The molecular formula is C14H20BrNO2. The minimum absolute atomic E-state index is 0.131. The van der Waals surface area contributed by atoms with Crippen molar-refractivity contribution in [2.45, 2.75) is 45.1 Å². The molecule has 4 heteroatoms. The van der Waals surface area contributed by atoms with E-state index in [4.69, 9.17) is 4.42 Å². The number of rotatable bonds is 5. The zero-order valence-corrected chi connectivity index (χ0v) is 12.4. The van der Waals surface area contributed by atoms with Crippen LogP contribution in [0.15, 0.2) is 16.7 Å². The van der Waals surface area contributed by atoms with Crippen molar-refractivity contribution in [3.8, 4) is 0 Å². The van der Waals surface area contributed by atoms with Gasteiger partial charge < -0.3 is 9.32 Å². The van der Waals surface area contributed by atoms with Crippen LogP contribution < -0.4 is 0 Å². The number of halogens is 1. The van der Waals surface area contributed by atoms with Crippen LogP contribution in [0.1, 0.15) is 48.7 Å². The van der Waals surface area contributed by atoms with Crippen molar-refractivity contribution in [3.63, 3.8) is 0 Å². The Bertz CT molecular complexity index is 396. The van der Waals surface area contributed by atoms with Crippen molar-refractivity contribution in [2.75, 3.05) is 11.9 Å². The van der Waals surface area contributed by atoms with Gasteiger partial charge in [0.1, 0.15) is 5.76 Å². The Labute approximate surface area is 117 Å². The summed E-state index contributed by atoms with van der Waals surface area (Å²) in [5, 5.41) is 0.828. The topological polar surface area (TPSA) is 33.5 Å². The molecule has 0 unspecified atom stereocenters. The fraction of sp³-hybridized carbons (Fsp3) is 0.643. The lowest BCUT2D eigenvalue weighted by Gasteiger charge is -2.28. The lowest BCUT2D eigenvalue weighted by atomic mass is 10.1. The molecule has 1 amide bonds. The summed E-state index contributed by atoms with van der Waals surface area (Å²) in [6.07, 6.45) is 7.13. The third-order valence-corrected chi connectivity index (χ3v) is 4.00. The van der Waals surface area contributed by atoms with Gasteiger partial charge in [-0.2, -0.15) is 0 Å². The molecule has 0 aromatic carbocycles. The predicted octanol–water partition coefficient (Wildman–Crippen LogP) is 3.62. The van der Waals surface area contributed by atoms with Crippen LogP contribution in [0.5, 0.6) is 0 Å². The largest absolute Gasteiger partial charge is 0.469 e. The van der Waals surface area contributed by atoms with Gasteiger partial charge in [0.25, 0.3) is 5.91 Å². The molecule has 0 atom stereocenters. The summed E-state index contributed by atoms with van der Waals surface area (Å²) in [6.45, 7) is 2.79. The maximum atomic E-state index is 12.6. The van der Waals surface area contributed by atoms with Gasteiger partial charge >= 0.3 is 0 Å². The van der Waals surface area contributed by atoms with Crippen LogP contribution >= 0.6 is 15.9 Å². The molecule has 0 aliphatic heterocycles. The minimum atomic E-state index is 0.131. The van der Waals surface area contributed by atoms with Crippen molar-refractivity contribution in [1.29, 1.82) is 0 Å². The first kappa shape index (κ1) is 13.7. The van der Waals surface area contributed by atoms with Crippen LogP contribution in [0.4, 0.5) is 0 Å². The highest BCUT2D eigenvalue weighted by Crippen LogP contribution is 2.26. The molecule has 1 aromatic rings. The first-order chi connectivity index (χ1) is 8.77. The highest BCUT2D eigenvalue weighted by molar-refractivity contribution is 9.09. The van der Waals surface area contributed by atoms with E-state index in [2.05, 4.69) is 15.9 Å². The number of aryl methyl sites for hydroxylation is 1. The lowest BCUT2D eigenvalue weighted by Crippen LogP contribution is -2.40. The van der Waals surface area contributed by atoms with E-state index in [0.29, 0.717) is 6.04 Å². The van der Waals surface area contributed by atoms with Gasteiger partial charge in [-0.1, -0.05) is 35.7 Å². The summed E-state index contributed by atoms with van der Waals surface area (Å²) < 4.78 is 5.37. The van der Waals surface area contributed by atoms with E-state index in [0.717, 1.165) is 42.5 Å². The van der Waals surface area contributed by atoms with E-state index in [1.54, 1.807) is 12.3 Å². The summed E-state index contributed by atoms with van der Waals surface area (Å²) >= 11 is 3.45. The fourth-order valence-electron chi connectivity index (χ4n) is 2.72. The number of hydrogen-bond acceptors (Lipinski definition) is 2. The van der Waals surface area contributed by atoms with Crippen LogP contribution in [0.2, 0.25) is 0 Å². The molecule has 0 saturated heterocycles. The maximum absolute atomic E-state index is 12.6. The SMILES string of the molecule is CCc1occc1C(=O)N(CCBr)C1CCCC1. The Morgan fingerprint density at radius 1 is 1.50 bits per heavy atom. The molecule has 1 aliphatic carbocycles. The molecule has 0 bridgehead atoms. The lowest BCUT2D eigenvalue weighted by molar-refractivity contribution is 0.0694. The average Bonchev–Trinajstić information content (AvgIpc) is 3.05. The minimum Gasteiger partial charge on any atom is -0.469 e. The molecule has 18 heavy (non-hydrogen) atoms. The summed E-state index contributed by atoms with van der Waals surface area (Å²) in [5.74, 6) is 0.935. The number of amides is 1. The predicted molar refractivity (Wildman–Crippen MR) is 75.2 cm³/mol. The van der Waals surface area contributed by atoms with E-state index in [9.17, 15) is 4.79 Å². The molecule has 3 nitrogen and oxygen atoms in total. The Balaban J connectivity index is 2.17. The zero-order valence-electron chi connectivity index (χ0n) is 10.8. The summed E-state index contributed by atoms with van der Waals surface area (Å²) in [5.41, 5.74) is 0.741. The summed E-state index contributed by atoms with van der Waals surface area (Å²) in [7, 11) is 0. The number of alkyl halides is 1. The van der Waals surface area contributed by atoms with Gasteiger partial charge in [-0.3, -0.25) is 4.79 Å². The molecule has 1 saturated carbocycles. The maximum Gasteiger partial charge on any atom is 0.257 e. The van der Waals surface area contributed by atoms with Crippen LogP contribution in [0.3, 0.4) is 0 Å². The van der Waals surface area contributed by atoms with Crippen LogP contribution in [0.25, 0.3) is 0 Å². The highest BCUT2D eigenvalue weighted by Gasteiger charge is 2.28. The van der Waals surface area contributed by atoms with Gasteiger partial charge in [0.2, 0.25) is 0 Å². The highest BCUT2D eigenvalue weighted by atomic mass is 79.9. The molecule has 0 spiro atoms. The standard InChI is InChI=1S/C14H20BrNO2/c1-2-13-12(7-10-18-13)14(17)16(9-8-15)11-5-3-4-6-11/h7,10-11H,2-6,8-9H2,1H3. The molecule has 1 aliphatic rings. The van der Waals surface area contributed by atoms with Crippen molar-refractivity contribution in [1.82, 2.24) is 4.90 Å². The van der Waals surface area contributed by atoms with Crippen molar-refractivity contribution in [2.24, 2.45) is 0 Å². The number of nitrogens with zero attached hydrogens (tertiary/aromatic N) is 1. The third kappa shape index (κ3) is 2.79. The number of hydrogen-bond donors (Lipinski definition) is 0. The van der Waals surface area contributed by atoms with Crippen molar-refractivity contribution in [3.05, 3.63) is 23.7 Å². The molecule has 0 radical (unpaired) electrons. The van der Waals surface area contributed by atoms with Gasteiger partial charge in [0.05, 0.1) is 11.8 Å².